The van der Waals surface area contributed by atoms with Crippen molar-refractivity contribution >= 4 is 28.8 Å². The van der Waals surface area contributed by atoms with E-state index in [1.54, 1.807) is 19.1 Å². The average molecular weight is 329 g/mol. The molecule has 0 bridgehead atoms. The summed E-state index contributed by atoms with van der Waals surface area (Å²) in [6.07, 6.45) is 0.216. The molecule has 7 nitrogen and oxygen atoms in total. The van der Waals surface area contributed by atoms with Crippen LogP contribution in [-0.2, 0) is 14.4 Å². The van der Waals surface area contributed by atoms with E-state index in [0.29, 0.717) is 5.58 Å². The van der Waals surface area contributed by atoms with Gasteiger partial charge in [-0.05, 0) is 31.5 Å². The molecule has 1 aliphatic rings. The second-order valence-corrected chi connectivity index (χ2v) is 5.66. The molecule has 1 aromatic carbocycles. The van der Waals surface area contributed by atoms with Gasteiger partial charge in [-0.2, -0.15) is 0 Å². The number of amides is 2. The molecule has 0 aliphatic carbocycles. The van der Waals surface area contributed by atoms with Crippen LogP contribution >= 0.6 is 0 Å². The third-order valence-electron chi connectivity index (χ3n) is 3.96. The number of carbonyl (C=O) groups is 3. The van der Waals surface area contributed by atoms with Crippen molar-refractivity contribution in [3.63, 3.8) is 0 Å². The van der Waals surface area contributed by atoms with Gasteiger partial charge in [-0.25, -0.2) is 9.59 Å². The number of imide groups is 1. The van der Waals surface area contributed by atoms with E-state index >= 15 is 0 Å². The van der Waals surface area contributed by atoms with Gasteiger partial charge in [-0.1, -0.05) is 0 Å². The molecule has 0 spiro atoms. The van der Waals surface area contributed by atoms with Gasteiger partial charge < -0.3 is 9.15 Å². The summed E-state index contributed by atoms with van der Waals surface area (Å²) in [7, 11) is 0. The van der Waals surface area contributed by atoms with Crippen LogP contribution in [0.4, 0.5) is 0 Å². The van der Waals surface area contributed by atoms with Crippen molar-refractivity contribution in [2.45, 2.75) is 32.7 Å². The largest absolute Gasteiger partial charge is 0.425 e. The average Bonchev–Trinajstić information content (AvgIpc) is 2.85. The van der Waals surface area contributed by atoms with Crippen LogP contribution < -0.4 is 10.4 Å². The van der Waals surface area contributed by atoms with E-state index in [9.17, 15) is 19.2 Å². The number of nitrogens with zero attached hydrogens (tertiary/aromatic N) is 1. The number of hydrogen-bond acceptors (Lipinski definition) is 6. The third-order valence-corrected chi connectivity index (χ3v) is 3.96. The minimum Gasteiger partial charge on any atom is -0.425 e. The molecular weight excluding hydrogens is 314 g/mol. The Morgan fingerprint density at radius 3 is 2.50 bits per heavy atom. The zero-order valence-electron chi connectivity index (χ0n) is 13.2. The van der Waals surface area contributed by atoms with Crippen molar-refractivity contribution in [1.82, 2.24) is 4.90 Å². The first kappa shape index (κ1) is 15.9. The van der Waals surface area contributed by atoms with E-state index in [-0.39, 0.29) is 30.4 Å². The van der Waals surface area contributed by atoms with Crippen LogP contribution in [0.15, 0.2) is 33.5 Å². The molecule has 24 heavy (non-hydrogen) atoms. The molecule has 7 heteroatoms. The quantitative estimate of drug-likeness (QED) is 0.367. The Balaban J connectivity index is 1.84. The first-order valence-electron chi connectivity index (χ1n) is 7.48. The molecular formula is C17H15NO6. The van der Waals surface area contributed by atoms with Crippen molar-refractivity contribution < 1.29 is 23.5 Å². The van der Waals surface area contributed by atoms with E-state index in [0.717, 1.165) is 15.8 Å². The number of fused-ring (bicyclic) bond motifs is 1. The molecule has 0 saturated carbocycles. The lowest BCUT2D eigenvalue weighted by molar-refractivity contribution is -0.151. The Kier molecular flexibility index (Phi) is 3.92. The van der Waals surface area contributed by atoms with E-state index < -0.39 is 17.6 Å². The van der Waals surface area contributed by atoms with Crippen LogP contribution in [0.5, 0.6) is 5.75 Å². The Morgan fingerprint density at radius 2 is 1.83 bits per heavy atom. The number of esters is 1. The number of benzene rings is 1. The summed E-state index contributed by atoms with van der Waals surface area (Å²) in [5.41, 5.74) is 0.553. The van der Waals surface area contributed by atoms with E-state index in [1.807, 2.05) is 0 Å². The maximum Gasteiger partial charge on any atom is 0.336 e. The maximum absolute atomic E-state index is 12.2. The highest BCUT2D eigenvalue weighted by atomic mass is 16.5. The molecule has 1 saturated heterocycles. The Hall–Kier alpha value is -2.96. The standard InChI is InChI=1S/C17H15NO6/c1-9-7-16(21)24-13-8-11(3-4-12(9)13)23-17(22)10(2)18-14(19)5-6-15(18)20/h3-4,7-8,10H,5-6H2,1-2H3/t10-/m1/s1. The summed E-state index contributed by atoms with van der Waals surface area (Å²) in [4.78, 5) is 47.9. The molecule has 0 unspecified atom stereocenters. The topological polar surface area (TPSA) is 93.9 Å². The van der Waals surface area contributed by atoms with Crippen LogP contribution in [0.3, 0.4) is 0 Å². The van der Waals surface area contributed by atoms with Crippen LogP contribution in [-0.4, -0.2) is 28.7 Å². The summed E-state index contributed by atoms with van der Waals surface area (Å²) >= 11 is 0. The predicted molar refractivity (Wildman–Crippen MR) is 83.4 cm³/mol. The smallest absolute Gasteiger partial charge is 0.336 e. The molecule has 2 amide bonds. The monoisotopic (exact) mass is 329 g/mol. The Labute approximate surface area is 136 Å². The fourth-order valence-electron chi connectivity index (χ4n) is 2.70. The van der Waals surface area contributed by atoms with Gasteiger partial charge >= 0.3 is 11.6 Å². The van der Waals surface area contributed by atoms with Gasteiger partial charge in [0.2, 0.25) is 11.8 Å². The molecule has 1 aliphatic heterocycles. The first-order valence-corrected chi connectivity index (χ1v) is 7.48. The summed E-state index contributed by atoms with van der Waals surface area (Å²) < 4.78 is 10.3. The van der Waals surface area contributed by atoms with Crippen molar-refractivity contribution in [2.24, 2.45) is 0 Å². The summed E-state index contributed by atoms with van der Waals surface area (Å²) in [5.74, 6) is -1.32. The lowest BCUT2D eigenvalue weighted by Crippen LogP contribution is -2.44. The van der Waals surface area contributed by atoms with Crippen LogP contribution in [0.2, 0.25) is 0 Å². The maximum atomic E-state index is 12.2. The molecule has 2 heterocycles. The van der Waals surface area contributed by atoms with Gasteiger partial charge in [-0.3, -0.25) is 14.5 Å². The van der Waals surface area contributed by atoms with Crippen LogP contribution in [0.25, 0.3) is 11.0 Å². The summed E-state index contributed by atoms with van der Waals surface area (Å²) in [5, 5.41) is 0.729. The minimum atomic E-state index is -1.01. The fraction of sp³-hybridized carbons (Fsp3) is 0.294. The highest BCUT2D eigenvalue weighted by Crippen LogP contribution is 2.23. The first-order chi connectivity index (χ1) is 11.4. The molecule has 0 N–H and O–H groups in total. The van der Waals surface area contributed by atoms with E-state index in [1.165, 1.54) is 19.1 Å². The van der Waals surface area contributed by atoms with Gasteiger partial charge in [0.15, 0.2) is 0 Å². The highest BCUT2D eigenvalue weighted by molar-refractivity contribution is 6.05. The second kappa shape index (κ2) is 5.92. The minimum absolute atomic E-state index is 0.108. The lowest BCUT2D eigenvalue weighted by atomic mass is 10.1. The highest BCUT2D eigenvalue weighted by Gasteiger charge is 2.37. The Morgan fingerprint density at radius 1 is 1.17 bits per heavy atom. The SMILES string of the molecule is Cc1cc(=O)oc2cc(OC(=O)[C@@H](C)N3C(=O)CCC3=O)ccc12. The number of aryl methyl sites for hydroxylation is 1. The lowest BCUT2D eigenvalue weighted by Gasteiger charge is -2.20. The third kappa shape index (κ3) is 2.80. The van der Waals surface area contributed by atoms with Gasteiger partial charge in [0.1, 0.15) is 17.4 Å². The van der Waals surface area contributed by atoms with Gasteiger partial charge in [0, 0.05) is 30.4 Å². The molecule has 2 aromatic rings. The summed E-state index contributed by atoms with van der Waals surface area (Å²) in [6, 6.07) is 5.04. The van der Waals surface area contributed by atoms with Crippen LogP contribution in [0.1, 0.15) is 25.3 Å². The van der Waals surface area contributed by atoms with Crippen LogP contribution in [0, 0.1) is 6.92 Å². The second-order valence-electron chi connectivity index (χ2n) is 5.66. The predicted octanol–water partition coefficient (Wildman–Crippen LogP) is 1.54. The van der Waals surface area contributed by atoms with E-state index in [2.05, 4.69) is 0 Å². The molecule has 124 valence electrons. The molecule has 1 aromatic heterocycles. The number of likely N-dealkylation sites (tertiary alicyclic amines) is 1. The number of carbonyl (C=O) groups excluding carboxylic acids is 3. The zero-order valence-corrected chi connectivity index (χ0v) is 13.2. The molecule has 0 radical (unpaired) electrons. The van der Waals surface area contributed by atoms with Crippen molar-refractivity contribution in [1.29, 1.82) is 0 Å². The van der Waals surface area contributed by atoms with Crippen molar-refractivity contribution in [3.05, 3.63) is 40.2 Å². The summed E-state index contributed by atoms with van der Waals surface area (Å²) in [6.45, 7) is 3.21. The fourth-order valence-corrected chi connectivity index (χ4v) is 2.70. The molecule has 3 rings (SSSR count). The molecule has 1 atom stereocenters. The van der Waals surface area contributed by atoms with Gasteiger partial charge in [0.25, 0.3) is 0 Å². The number of ether oxygens (including phenoxy) is 1. The Bertz CT molecular complexity index is 897. The van der Waals surface area contributed by atoms with E-state index in [4.69, 9.17) is 9.15 Å². The number of hydrogen-bond donors (Lipinski definition) is 0. The van der Waals surface area contributed by atoms with Gasteiger partial charge in [-0.15, -0.1) is 0 Å². The normalized spacial score (nSPS) is 15.8. The van der Waals surface area contributed by atoms with Gasteiger partial charge in [0.05, 0.1) is 0 Å². The zero-order chi connectivity index (χ0) is 17.4. The van der Waals surface area contributed by atoms with Crippen molar-refractivity contribution in [2.75, 3.05) is 0 Å². The van der Waals surface area contributed by atoms with Crippen molar-refractivity contribution in [3.8, 4) is 5.75 Å². The molecule has 1 fully saturated rings. The number of rotatable bonds is 3.